The van der Waals surface area contributed by atoms with Gasteiger partial charge in [-0.2, -0.15) is 0 Å². The smallest absolute Gasteiger partial charge is 0.407 e. The maximum Gasteiger partial charge on any atom is 0.407 e. The fourth-order valence-electron chi connectivity index (χ4n) is 1.84. The molecule has 6 heteroatoms. The number of amides is 1. The molecule has 0 fully saturated rings. The average Bonchev–Trinajstić information content (AvgIpc) is 2.51. The van der Waals surface area contributed by atoms with E-state index in [2.05, 4.69) is 5.32 Å². The summed E-state index contributed by atoms with van der Waals surface area (Å²) in [5.74, 6) is -1.60. The molecule has 22 heavy (non-hydrogen) atoms. The average molecular weight is 307 g/mol. The Morgan fingerprint density at radius 2 is 1.91 bits per heavy atom. The van der Waals surface area contributed by atoms with Gasteiger partial charge in [-0.05, 0) is 11.6 Å². The molecule has 0 spiro atoms. The van der Waals surface area contributed by atoms with Crippen LogP contribution in [0, 0.1) is 11.6 Å². The molecule has 2 N–H and O–H groups in total. The maximum absolute atomic E-state index is 13.5. The Balaban J connectivity index is 1.80. The highest BCUT2D eigenvalue weighted by Gasteiger charge is 2.15. The van der Waals surface area contributed by atoms with Crippen LogP contribution in [0.3, 0.4) is 0 Å². The third kappa shape index (κ3) is 4.53. The lowest BCUT2D eigenvalue weighted by atomic mass is 10.1. The summed E-state index contributed by atoms with van der Waals surface area (Å²) in [4.78, 5) is 11.5. The van der Waals surface area contributed by atoms with E-state index in [1.165, 1.54) is 0 Å². The van der Waals surface area contributed by atoms with E-state index < -0.39 is 23.8 Å². The number of nitrogens with one attached hydrogen (secondary N) is 1. The molecule has 0 aliphatic heterocycles. The number of alkyl carbamates (subject to hydrolysis) is 1. The molecule has 0 radical (unpaired) electrons. The lowest BCUT2D eigenvalue weighted by molar-refractivity contribution is 0.125. The van der Waals surface area contributed by atoms with Crippen molar-refractivity contribution in [1.29, 1.82) is 0 Å². The summed E-state index contributed by atoms with van der Waals surface area (Å²) in [5.41, 5.74) is 0.729. The van der Waals surface area contributed by atoms with E-state index >= 15 is 0 Å². The largest absolute Gasteiger partial charge is 0.445 e. The molecule has 0 unspecified atom stereocenters. The summed E-state index contributed by atoms with van der Waals surface area (Å²) in [6.45, 7) is -0.149. The van der Waals surface area contributed by atoms with Gasteiger partial charge in [0.1, 0.15) is 18.2 Å². The highest BCUT2D eigenvalue weighted by Crippen LogP contribution is 2.17. The fraction of sp³-hybridized carbons (Fsp3) is 0.188. The van der Waals surface area contributed by atoms with E-state index in [0.717, 1.165) is 17.7 Å². The minimum atomic E-state index is -1.29. The summed E-state index contributed by atoms with van der Waals surface area (Å²) in [5, 5.41) is 12.1. The summed E-state index contributed by atoms with van der Waals surface area (Å²) in [7, 11) is 0. The predicted molar refractivity (Wildman–Crippen MR) is 75.9 cm³/mol. The highest BCUT2D eigenvalue weighted by atomic mass is 19.1. The van der Waals surface area contributed by atoms with Crippen molar-refractivity contribution in [2.24, 2.45) is 0 Å². The minimum absolute atomic E-state index is 0.0910. The van der Waals surface area contributed by atoms with E-state index in [4.69, 9.17) is 4.74 Å². The van der Waals surface area contributed by atoms with Crippen molar-refractivity contribution < 1.29 is 23.4 Å². The predicted octanol–water partition coefficient (Wildman–Crippen LogP) is 2.92. The van der Waals surface area contributed by atoms with Gasteiger partial charge in [-0.1, -0.05) is 36.4 Å². The maximum atomic E-state index is 13.5. The molecule has 0 heterocycles. The minimum Gasteiger partial charge on any atom is -0.445 e. The molecule has 4 nitrogen and oxygen atoms in total. The number of aliphatic hydroxyl groups excluding tert-OH is 1. The van der Waals surface area contributed by atoms with Crippen LogP contribution >= 0.6 is 0 Å². The molecular weight excluding hydrogens is 292 g/mol. The molecule has 2 aromatic rings. The molecule has 2 rings (SSSR count). The molecule has 1 atom stereocenters. The van der Waals surface area contributed by atoms with Crippen molar-refractivity contribution >= 4 is 6.09 Å². The molecule has 1 amide bonds. The molecule has 2 aromatic carbocycles. The van der Waals surface area contributed by atoms with Gasteiger partial charge in [0.05, 0.1) is 12.6 Å². The Hall–Kier alpha value is -2.47. The summed E-state index contributed by atoms with van der Waals surface area (Å²) >= 11 is 0. The molecule has 0 saturated heterocycles. The lowest BCUT2D eigenvalue weighted by Gasteiger charge is -2.13. The summed E-state index contributed by atoms with van der Waals surface area (Å²) in [6.07, 6.45) is -2.02. The zero-order valence-electron chi connectivity index (χ0n) is 11.6. The first-order valence-electron chi connectivity index (χ1n) is 6.64. The quantitative estimate of drug-likeness (QED) is 0.893. The van der Waals surface area contributed by atoms with Crippen LogP contribution in [-0.4, -0.2) is 17.7 Å². The van der Waals surface area contributed by atoms with Gasteiger partial charge in [-0.15, -0.1) is 0 Å². The summed E-state index contributed by atoms with van der Waals surface area (Å²) < 4.78 is 31.2. The van der Waals surface area contributed by atoms with Crippen LogP contribution in [0.2, 0.25) is 0 Å². The van der Waals surface area contributed by atoms with Gasteiger partial charge in [0, 0.05) is 11.6 Å². The van der Waals surface area contributed by atoms with Crippen LogP contribution in [0.25, 0.3) is 0 Å². The SMILES string of the molecule is O=C(NC[C@H](O)c1ccc(F)cc1F)OCc1ccccc1. The second-order valence-electron chi connectivity index (χ2n) is 4.62. The second kappa shape index (κ2) is 7.51. The first-order valence-corrected chi connectivity index (χ1v) is 6.64. The number of carbonyl (C=O) groups excluding carboxylic acids is 1. The number of aliphatic hydroxyl groups is 1. The van der Waals surface area contributed by atoms with E-state index in [1.54, 1.807) is 12.1 Å². The molecule has 0 aliphatic rings. The first-order chi connectivity index (χ1) is 10.6. The van der Waals surface area contributed by atoms with Crippen LogP contribution in [-0.2, 0) is 11.3 Å². The Bertz CT molecular complexity index is 635. The Labute approximate surface area is 126 Å². The number of rotatable bonds is 5. The molecular formula is C16H15F2NO3. The molecule has 0 saturated carbocycles. The van der Waals surface area contributed by atoms with Crippen LogP contribution in [0.5, 0.6) is 0 Å². The van der Waals surface area contributed by atoms with Gasteiger partial charge >= 0.3 is 6.09 Å². The molecule has 116 valence electrons. The number of hydrogen-bond donors (Lipinski definition) is 2. The Morgan fingerprint density at radius 3 is 2.59 bits per heavy atom. The number of halogens is 2. The third-order valence-corrected chi connectivity index (χ3v) is 2.97. The molecule has 0 bridgehead atoms. The van der Waals surface area contributed by atoms with Crippen LogP contribution in [0.4, 0.5) is 13.6 Å². The Kier molecular flexibility index (Phi) is 5.43. The van der Waals surface area contributed by atoms with Crippen LogP contribution < -0.4 is 5.32 Å². The van der Waals surface area contributed by atoms with Gasteiger partial charge in [-0.3, -0.25) is 0 Å². The standard InChI is InChI=1S/C16H15F2NO3/c17-12-6-7-13(14(18)8-12)15(20)9-19-16(21)22-10-11-4-2-1-3-5-11/h1-8,15,20H,9-10H2,(H,19,21)/t15-/m0/s1. The van der Waals surface area contributed by atoms with Crippen LogP contribution in [0.15, 0.2) is 48.5 Å². The number of carbonyl (C=O) groups is 1. The lowest BCUT2D eigenvalue weighted by Crippen LogP contribution is -2.29. The number of benzene rings is 2. The second-order valence-corrected chi connectivity index (χ2v) is 4.62. The zero-order valence-corrected chi connectivity index (χ0v) is 11.6. The van der Waals surface area contributed by atoms with E-state index in [0.29, 0.717) is 6.07 Å². The number of ether oxygens (including phenoxy) is 1. The van der Waals surface area contributed by atoms with Crippen molar-refractivity contribution in [3.8, 4) is 0 Å². The van der Waals surface area contributed by atoms with Gasteiger partial charge in [-0.25, -0.2) is 13.6 Å². The summed E-state index contributed by atoms with van der Waals surface area (Å²) in [6, 6.07) is 11.9. The van der Waals surface area contributed by atoms with Crippen molar-refractivity contribution in [2.45, 2.75) is 12.7 Å². The molecule has 0 aromatic heterocycles. The first kappa shape index (κ1) is 15.9. The van der Waals surface area contributed by atoms with Crippen LogP contribution in [0.1, 0.15) is 17.2 Å². The number of hydrogen-bond acceptors (Lipinski definition) is 3. The van der Waals surface area contributed by atoms with E-state index in [1.807, 2.05) is 18.2 Å². The third-order valence-electron chi connectivity index (χ3n) is 2.97. The normalized spacial score (nSPS) is 11.8. The fourth-order valence-corrected chi connectivity index (χ4v) is 1.84. The van der Waals surface area contributed by atoms with Crippen molar-refractivity contribution in [3.63, 3.8) is 0 Å². The monoisotopic (exact) mass is 307 g/mol. The zero-order chi connectivity index (χ0) is 15.9. The van der Waals surface area contributed by atoms with Gasteiger partial charge in [0.2, 0.25) is 0 Å². The van der Waals surface area contributed by atoms with Gasteiger partial charge in [0.25, 0.3) is 0 Å². The Morgan fingerprint density at radius 1 is 1.18 bits per heavy atom. The van der Waals surface area contributed by atoms with Gasteiger partial charge < -0.3 is 15.2 Å². The highest BCUT2D eigenvalue weighted by molar-refractivity contribution is 5.67. The van der Waals surface area contributed by atoms with Gasteiger partial charge in [0.15, 0.2) is 0 Å². The van der Waals surface area contributed by atoms with E-state index in [9.17, 15) is 18.7 Å². The topological polar surface area (TPSA) is 58.6 Å². The van der Waals surface area contributed by atoms with Crippen molar-refractivity contribution in [1.82, 2.24) is 5.32 Å². The van der Waals surface area contributed by atoms with Crippen molar-refractivity contribution in [2.75, 3.05) is 6.54 Å². The van der Waals surface area contributed by atoms with E-state index in [-0.39, 0.29) is 18.7 Å². The van der Waals surface area contributed by atoms with Crippen molar-refractivity contribution in [3.05, 3.63) is 71.3 Å². The molecule has 0 aliphatic carbocycles.